The zero-order valence-corrected chi connectivity index (χ0v) is 11.7. The van der Waals surface area contributed by atoms with Crippen molar-refractivity contribution in [3.05, 3.63) is 18.2 Å². The van der Waals surface area contributed by atoms with Crippen LogP contribution in [0, 0.1) is 0 Å². The Labute approximate surface area is 114 Å². The first-order chi connectivity index (χ1) is 9.24. The van der Waals surface area contributed by atoms with Gasteiger partial charge in [-0.2, -0.15) is 5.10 Å². The largest absolute Gasteiger partial charge is 0.399 e. The molecule has 19 heavy (non-hydrogen) atoms. The molecule has 0 aliphatic heterocycles. The van der Waals surface area contributed by atoms with Crippen molar-refractivity contribution in [2.24, 2.45) is 0 Å². The summed E-state index contributed by atoms with van der Waals surface area (Å²) >= 11 is 0. The maximum Gasteiger partial charge on any atom is 0.155 e. The summed E-state index contributed by atoms with van der Waals surface area (Å²) in [5.74, 6) is 0.891. The molecule has 5 nitrogen and oxygen atoms in total. The summed E-state index contributed by atoms with van der Waals surface area (Å²) in [6, 6.07) is 5.79. The Balaban J connectivity index is 1.89. The van der Waals surface area contributed by atoms with Crippen molar-refractivity contribution in [2.45, 2.75) is 20.3 Å². The third-order valence-electron chi connectivity index (χ3n) is 3.42. The van der Waals surface area contributed by atoms with Crippen LogP contribution in [-0.4, -0.2) is 41.3 Å². The zero-order chi connectivity index (χ0) is 13.7. The van der Waals surface area contributed by atoms with Gasteiger partial charge in [-0.25, -0.2) is 0 Å². The number of nitrogens with one attached hydrogen (secondary N) is 2. The Morgan fingerprint density at radius 3 is 2.84 bits per heavy atom. The van der Waals surface area contributed by atoms with Gasteiger partial charge in [0.05, 0.1) is 5.52 Å². The van der Waals surface area contributed by atoms with Crippen LogP contribution < -0.4 is 11.1 Å². The smallest absolute Gasteiger partial charge is 0.155 e. The van der Waals surface area contributed by atoms with E-state index in [9.17, 15) is 0 Å². The third-order valence-corrected chi connectivity index (χ3v) is 3.42. The molecule has 0 spiro atoms. The number of hydrogen-bond donors (Lipinski definition) is 3. The molecule has 1 heterocycles. The Morgan fingerprint density at radius 2 is 2.11 bits per heavy atom. The number of aromatic nitrogens is 2. The molecule has 0 fully saturated rings. The van der Waals surface area contributed by atoms with Crippen LogP contribution >= 0.6 is 0 Å². The fraction of sp³-hybridized carbons (Fsp3) is 0.500. The van der Waals surface area contributed by atoms with Gasteiger partial charge in [0.1, 0.15) is 0 Å². The molecule has 2 rings (SSSR count). The molecule has 4 N–H and O–H groups in total. The summed E-state index contributed by atoms with van der Waals surface area (Å²) in [5, 5.41) is 11.7. The van der Waals surface area contributed by atoms with Gasteiger partial charge in [-0.05, 0) is 44.3 Å². The van der Waals surface area contributed by atoms with Crippen LogP contribution in [-0.2, 0) is 0 Å². The van der Waals surface area contributed by atoms with Crippen LogP contribution in [0.4, 0.5) is 11.5 Å². The molecule has 5 heteroatoms. The van der Waals surface area contributed by atoms with E-state index in [4.69, 9.17) is 5.73 Å². The number of nitrogens with zero attached hydrogens (tertiary/aromatic N) is 2. The molecule has 0 aliphatic rings. The summed E-state index contributed by atoms with van der Waals surface area (Å²) in [5.41, 5.74) is 7.58. The van der Waals surface area contributed by atoms with E-state index in [0.29, 0.717) is 0 Å². The summed E-state index contributed by atoms with van der Waals surface area (Å²) in [4.78, 5) is 2.42. The fourth-order valence-electron chi connectivity index (χ4n) is 2.22. The molecule has 0 bridgehead atoms. The van der Waals surface area contributed by atoms with Crippen molar-refractivity contribution >= 4 is 22.4 Å². The average molecular weight is 261 g/mol. The zero-order valence-electron chi connectivity index (χ0n) is 11.7. The molecule has 0 unspecified atom stereocenters. The van der Waals surface area contributed by atoms with E-state index in [-0.39, 0.29) is 0 Å². The molecule has 1 aromatic carbocycles. The summed E-state index contributed by atoms with van der Waals surface area (Å²) in [6.07, 6.45) is 1.11. The van der Waals surface area contributed by atoms with E-state index in [1.165, 1.54) is 0 Å². The minimum Gasteiger partial charge on any atom is -0.399 e. The second kappa shape index (κ2) is 6.43. The van der Waals surface area contributed by atoms with Gasteiger partial charge < -0.3 is 16.0 Å². The number of H-pyrrole nitrogens is 1. The number of nitrogen functional groups attached to an aromatic ring is 1. The molecular formula is C14H23N5. The van der Waals surface area contributed by atoms with E-state index < -0.39 is 0 Å². The highest BCUT2D eigenvalue weighted by Gasteiger charge is 2.05. The number of aromatic amines is 1. The Hall–Kier alpha value is -1.75. The second-order valence-electron chi connectivity index (χ2n) is 4.68. The SMILES string of the molecule is CCN(CC)CCCNc1n[nH]c2ccc(N)cc12. The average Bonchev–Trinajstić information content (AvgIpc) is 2.81. The Bertz CT molecular complexity index is 516. The normalized spacial score (nSPS) is 11.3. The van der Waals surface area contributed by atoms with Gasteiger partial charge in [-0.1, -0.05) is 13.8 Å². The fourth-order valence-corrected chi connectivity index (χ4v) is 2.22. The van der Waals surface area contributed by atoms with Crippen molar-refractivity contribution in [1.82, 2.24) is 15.1 Å². The first-order valence-electron chi connectivity index (χ1n) is 6.94. The number of fused-ring (bicyclic) bond motifs is 1. The molecule has 1 aromatic heterocycles. The van der Waals surface area contributed by atoms with Gasteiger partial charge >= 0.3 is 0 Å². The lowest BCUT2D eigenvalue weighted by molar-refractivity contribution is 0.303. The van der Waals surface area contributed by atoms with Crippen molar-refractivity contribution in [3.8, 4) is 0 Å². The highest BCUT2D eigenvalue weighted by molar-refractivity contribution is 5.91. The summed E-state index contributed by atoms with van der Waals surface area (Å²) in [7, 11) is 0. The van der Waals surface area contributed by atoms with Crippen molar-refractivity contribution in [2.75, 3.05) is 37.2 Å². The maximum absolute atomic E-state index is 5.81. The van der Waals surface area contributed by atoms with E-state index in [0.717, 1.165) is 55.0 Å². The lowest BCUT2D eigenvalue weighted by Crippen LogP contribution is -2.25. The lowest BCUT2D eigenvalue weighted by atomic mass is 10.2. The Morgan fingerprint density at radius 1 is 1.32 bits per heavy atom. The number of rotatable bonds is 7. The highest BCUT2D eigenvalue weighted by atomic mass is 15.2. The second-order valence-corrected chi connectivity index (χ2v) is 4.68. The first-order valence-corrected chi connectivity index (χ1v) is 6.94. The van der Waals surface area contributed by atoms with Crippen LogP contribution in [0.1, 0.15) is 20.3 Å². The van der Waals surface area contributed by atoms with Gasteiger partial charge in [0.2, 0.25) is 0 Å². The third kappa shape index (κ3) is 3.38. The van der Waals surface area contributed by atoms with Crippen LogP contribution in [0.2, 0.25) is 0 Å². The van der Waals surface area contributed by atoms with Gasteiger partial charge in [0.25, 0.3) is 0 Å². The number of benzene rings is 1. The molecule has 2 aromatic rings. The van der Waals surface area contributed by atoms with E-state index in [1.54, 1.807) is 0 Å². The maximum atomic E-state index is 5.81. The van der Waals surface area contributed by atoms with Crippen LogP contribution in [0.3, 0.4) is 0 Å². The topological polar surface area (TPSA) is 70.0 Å². The minimum absolute atomic E-state index is 0.764. The van der Waals surface area contributed by atoms with Gasteiger partial charge in [0.15, 0.2) is 5.82 Å². The van der Waals surface area contributed by atoms with E-state index in [1.807, 2.05) is 18.2 Å². The number of nitrogens with two attached hydrogens (primary N) is 1. The molecular weight excluding hydrogens is 238 g/mol. The standard InChI is InChI=1S/C14H23N5/c1-3-19(4-2)9-5-8-16-14-12-10-11(15)6-7-13(12)17-18-14/h6-7,10H,3-5,8-9,15H2,1-2H3,(H2,16,17,18). The monoisotopic (exact) mass is 261 g/mol. The summed E-state index contributed by atoms with van der Waals surface area (Å²) in [6.45, 7) is 8.65. The predicted octanol–water partition coefficient (Wildman–Crippen LogP) is 2.29. The quantitative estimate of drug-likeness (QED) is 0.528. The number of anilines is 2. The van der Waals surface area contributed by atoms with E-state index in [2.05, 4.69) is 34.3 Å². The van der Waals surface area contributed by atoms with Crippen molar-refractivity contribution in [3.63, 3.8) is 0 Å². The van der Waals surface area contributed by atoms with Gasteiger partial charge in [-0.3, -0.25) is 5.10 Å². The molecule has 0 radical (unpaired) electrons. The molecule has 0 saturated heterocycles. The Kier molecular flexibility index (Phi) is 4.63. The number of hydrogen-bond acceptors (Lipinski definition) is 4. The molecule has 104 valence electrons. The molecule has 0 aliphatic carbocycles. The van der Waals surface area contributed by atoms with Crippen LogP contribution in [0.15, 0.2) is 18.2 Å². The minimum atomic E-state index is 0.764. The van der Waals surface area contributed by atoms with Gasteiger partial charge in [-0.15, -0.1) is 0 Å². The molecule has 0 amide bonds. The highest BCUT2D eigenvalue weighted by Crippen LogP contribution is 2.22. The summed E-state index contributed by atoms with van der Waals surface area (Å²) < 4.78 is 0. The van der Waals surface area contributed by atoms with E-state index >= 15 is 0 Å². The van der Waals surface area contributed by atoms with Crippen molar-refractivity contribution < 1.29 is 0 Å². The lowest BCUT2D eigenvalue weighted by Gasteiger charge is -2.17. The van der Waals surface area contributed by atoms with Crippen molar-refractivity contribution in [1.29, 1.82) is 0 Å². The first kappa shape index (κ1) is 13.7. The van der Waals surface area contributed by atoms with Gasteiger partial charge in [0, 0.05) is 17.6 Å². The predicted molar refractivity (Wildman–Crippen MR) is 81.4 cm³/mol. The molecule has 0 saturated carbocycles. The molecule has 0 atom stereocenters. The van der Waals surface area contributed by atoms with Crippen LogP contribution in [0.25, 0.3) is 10.9 Å². The van der Waals surface area contributed by atoms with Crippen LogP contribution in [0.5, 0.6) is 0 Å².